The molecule has 1 unspecified atom stereocenters. The highest BCUT2D eigenvalue weighted by Crippen LogP contribution is 2.44. The van der Waals surface area contributed by atoms with Crippen molar-refractivity contribution in [2.45, 2.75) is 42.4 Å². The summed E-state index contributed by atoms with van der Waals surface area (Å²) in [6, 6.07) is 13.4. The van der Waals surface area contributed by atoms with Gasteiger partial charge in [-0.15, -0.1) is 0 Å². The van der Waals surface area contributed by atoms with Gasteiger partial charge in [0, 0.05) is 29.5 Å². The van der Waals surface area contributed by atoms with E-state index in [1.165, 1.54) is 12.0 Å². The number of hydrogen-bond acceptors (Lipinski definition) is 8. The number of amides is 3. The van der Waals surface area contributed by atoms with Crippen molar-refractivity contribution >= 4 is 40.9 Å². The molecule has 2 aromatic carbocycles. The molecule has 1 saturated heterocycles. The lowest BCUT2D eigenvalue weighted by molar-refractivity contribution is -0.138. The Labute approximate surface area is 226 Å². The topological polar surface area (TPSA) is 118 Å². The van der Waals surface area contributed by atoms with Crippen molar-refractivity contribution < 1.29 is 28.6 Å². The Hall–Kier alpha value is -3.28. The Bertz CT molecular complexity index is 1160. The molecule has 204 valence electrons. The Balaban J connectivity index is 1.24. The van der Waals surface area contributed by atoms with E-state index < -0.39 is 12.2 Å². The Morgan fingerprint density at radius 3 is 2.71 bits per heavy atom. The second kappa shape index (κ2) is 13.0. The maximum atomic E-state index is 12.8. The van der Waals surface area contributed by atoms with Crippen LogP contribution in [0.3, 0.4) is 0 Å². The molecular weight excluding hydrogens is 508 g/mol. The zero-order chi connectivity index (χ0) is 27.1. The van der Waals surface area contributed by atoms with E-state index in [1.54, 1.807) is 11.8 Å². The highest BCUT2D eigenvalue weighted by molar-refractivity contribution is 7.99. The third-order valence-electron chi connectivity index (χ3n) is 6.02. The number of methoxy groups -OCH3 is 1. The first kappa shape index (κ1) is 27.7. The third-order valence-corrected chi connectivity index (χ3v) is 7.18. The minimum atomic E-state index is -0.493. The van der Waals surface area contributed by atoms with Crippen LogP contribution in [-0.2, 0) is 23.9 Å². The van der Waals surface area contributed by atoms with Gasteiger partial charge in [-0.1, -0.05) is 37.7 Å². The number of carbonyl (C=O) groups is 3. The number of benzene rings is 2. The standard InChI is InChI=1S/C27H34N4O6S/c1-17(2)14-31(15-24(32)30-20-10-11-36-27(20)35-3)26(34)13-28-25(33)16-37-18-8-9-23-21(12-18)29-19-6-4-5-7-22(19)38-23/h4-9,12,17,20,27,29H,10-11,13-16H2,1-3H3,(H,28,33)(H,30,32)/t20-,27?/m0/s1. The second-order valence-electron chi connectivity index (χ2n) is 9.55. The monoisotopic (exact) mass is 542 g/mol. The molecule has 2 aliphatic rings. The lowest BCUT2D eigenvalue weighted by Crippen LogP contribution is -2.50. The number of carbonyl (C=O) groups excluding carboxylic acids is 3. The van der Waals surface area contributed by atoms with Crippen LogP contribution in [0.1, 0.15) is 20.3 Å². The number of rotatable bonds is 11. The summed E-state index contributed by atoms with van der Waals surface area (Å²) in [5.74, 6) is -0.380. The zero-order valence-corrected chi connectivity index (χ0v) is 22.6. The summed E-state index contributed by atoms with van der Waals surface area (Å²) < 4.78 is 16.3. The van der Waals surface area contributed by atoms with Gasteiger partial charge in [-0.05, 0) is 36.6 Å². The van der Waals surface area contributed by atoms with E-state index in [-0.39, 0.29) is 43.5 Å². The number of hydrogen-bond donors (Lipinski definition) is 3. The fraction of sp³-hybridized carbons (Fsp3) is 0.444. The van der Waals surface area contributed by atoms with Crippen LogP contribution in [0.2, 0.25) is 0 Å². The van der Waals surface area contributed by atoms with Crippen LogP contribution in [0.25, 0.3) is 0 Å². The van der Waals surface area contributed by atoms with E-state index >= 15 is 0 Å². The predicted molar refractivity (Wildman–Crippen MR) is 144 cm³/mol. The van der Waals surface area contributed by atoms with Crippen LogP contribution in [0.15, 0.2) is 52.3 Å². The highest BCUT2D eigenvalue weighted by Gasteiger charge is 2.30. The molecule has 2 heterocycles. The van der Waals surface area contributed by atoms with Gasteiger partial charge in [-0.3, -0.25) is 14.4 Å². The number of nitrogens with one attached hydrogen (secondary N) is 3. The van der Waals surface area contributed by atoms with Gasteiger partial charge in [0.05, 0.1) is 37.1 Å². The minimum absolute atomic E-state index is 0.112. The zero-order valence-electron chi connectivity index (χ0n) is 21.8. The van der Waals surface area contributed by atoms with E-state index in [4.69, 9.17) is 14.2 Å². The average Bonchev–Trinajstić information content (AvgIpc) is 3.35. The van der Waals surface area contributed by atoms with Gasteiger partial charge in [-0.2, -0.15) is 0 Å². The fourth-order valence-corrected chi connectivity index (χ4v) is 5.22. The number of anilines is 2. The molecule has 2 atom stereocenters. The maximum Gasteiger partial charge on any atom is 0.258 e. The van der Waals surface area contributed by atoms with Crippen LogP contribution in [-0.4, -0.2) is 74.9 Å². The summed E-state index contributed by atoms with van der Waals surface area (Å²) in [7, 11) is 1.52. The van der Waals surface area contributed by atoms with Crippen molar-refractivity contribution in [3.05, 3.63) is 42.5 Å². The van der Waals surface area contributed by atoms with Crippen molar-refractivity contribution in [3.8, 4) is 5.75 Å². The van der Waals surface area contributed by atoms with Crippen LogP contribution < -0.4 is 20.7 Å². The SMILES string of the molecule is COC1OCC[C@@H]1NC(=O)CN(CC(C)C)C(=O)CNC(=O)COc1ccc2c(c1)Nc1ccccc1S2. The van der Waals surface area contributed by atoms with Gasteiger partial charge in [-0.25, -0.2) is 0 Å². The highest BCUT2D eigenvalue weighted by atomic mass is 32.2. The Kier molecular flexibility index (Phi) is 9.48. The predicted octanol–water partition coefficient (Wildman–Crippen LogP) is 2.75. The molecule has 1 fully saturated rings. The average molecular weight is 543 g/mol. The van der Waals surface area contributed by atoms with Crippen molar-refractivity contribution in [2.24, 2.45) is 5.92 Å². The van der Waals surface area contributed by atoms with Crippen molar-refractivity contribution in [1.82, 2.24) is 15.5 Å². The molecule has 2 aliphatic heterocycles. The van der Waals surface area contributed by atoms with Crippen LogP contribution in [0.5, 0.6) is 5.75 Å². The van der Waals surface area contributed by atoms with Crippen LogP contribution in [0, 0.1) is 5.92 Å². The number of fused-ring (bicyclic) bond motifs is 2. The van der Waals surface area contributed by atoms with Gasteiger partial charge < -0.3 is 35.1 Å². The molecule has 2 aromatic rings. The lowest BCUT2D eigenvalue weighted by atomic mass is 10.2. The summed E-state index contributed by atoms with van der Waals surface area (Å²) >= 11 is 1.67. The molecule has 0 spiro atoms. The van der Waals surface area contributed by atoms with Gasteiger partial charge >= 0.3 is 0 Å². The summed E-state index contributed by atoms with van der Waals surface area (Å²) in [5, 5.41) is 8.85. The quantitative estimate of drug-likeness (QED) is 0.339. The Morgan fingerprint density at radius 1 is 1.13 bits per heavy atom. The molecule has 0 bridgehead atoms. The fourth-order valence-electron chi connectivity index (χ4n) is 4.25. The lowest BCUT2D eigenvalue weighted by Gasteiger charge is -2.26. The number of ether oxygens (including phenoxy) is 3. The van der Waals surface area contributed by atoms with E-state index in [0.29, 0.717) is 25.3 Å². The van der Waals surface area contributed by atoms with E-state index in [2.05, 4.69) is 22.0 Å². The van der Waals surface area contributed by atoms with Crippen LogP contribution in [0.4, 0.5) is 11.4 Å². The third kappa shape index (κ3) is 7.40. The first-order chi connectivity index (χ1) is 18.3. The molecule has 0 aromatic heterocycles. The minimum Gasteiger partial charge on any atom is -0.484 e. The molecule has 4 rings (SSSR count). The summed E-state index contributed by atoms with van der Waals surface area (Å²) in [4.78, 5) is 41.5. The van der Waals surface area contributed by atoms with Crippen molar-refractivity contribution in [2.75, 3.05) is 45.3 Å². The smallest absolute Gasteiger partial charge is 0.258 e. The molecule has 11 heteroatoms. The molecule has 3 N–H and O–H groups in total. The molecule has 10 nitrogen and oxygen atoms in total. The first-order valence-electron chi connectivity index (χ1n) is 12.6. The molecule has 0 aliphatic carbocycles. The molecule has 0 radical (unpaired) electrons. The van der Waals surface area contributed by atoms with Crippen molar-refractivity contribution in [1.29, 1.82) is 0 Å². The van der Waals surface area contributed by atoms with E-state index in [0.717, 1.165) is 21.2 Å². The molecule has 0 saturated carbocycles. The molecule has 3 amide bonds. The van der Waals surface area contributed by atoms with Gasteiger partial charge in [0.1, 0.15) is 5.75 Å². The van der Waals surface area contributed by atoms with Gasteiger partial charge in [0.25, 0.3) is 5.91 Å². The Morgan fingerprint density at radius 2 is 1.92 bits per heavy atom. The first-order valence-corrected chi connectivity index (χ1v) is 13.4. The van der Waals surface area contributed by atoms with Crippen molar-refractivity contribution in [3.63, 3.8) is 0 Å². The molecule has 38 heavy (non-hydrogen) atoms. The van der Waals surface area contributed by atoms with Gasteiger partial charge in [0.15, 0.2) is 12.9 Å². The largest absolute Gasteiger partial charge is 0.484 e. The van der Waals surface area contributed by atoms with E-state index in [9.17, 15) is 14.4 Å². The maximum absolute atomic E-state index is 12.8. The summed E-state index contributed by atoms with van der Waals surface area (Å²) in [5.41, 5.74) is 1.93. The van der Waals surface area contributed by atoms with Crippen LogP contribution >= 0.6 is 11.8 Å². The van der Waals surface area contributed by atoms with Gasteiger partial charge in [0.2, 0.25) is 11.8 Å². The normalized spacial score (nSPS) is 17.7. The summed E-state index contributed by atoms with van der Waals surface area (Å²) in [6.07, 6.45) is 0.151. The van der Waals surface area contributed by atoms with E-state index in [1.807, 2.05) is 50.2 Å². The number of nitrogens with zero attached hydrogens (tertiary/aromatic N) is 1. The molecular formula is C27H34N4O6S. The number of para-hydroxylation sites is 1. The second-order valence-corrected chi connectivity index (χ2v) is 10.6. The summed E-state index contributed by atoms with van der Waals surface area (Å²) in [6.45, 7) is 4.23.